The third-order valence-corrected chi connectivity index (χ3v) is 4.11. The van der Waals surface area contributed by atoms with Gasteiger partial charge in [0.25, 0.3) is 0 Å². The smallest absolute Gasteiger partial charge is 0.416 e. The van der Waals surface area contributed by atoms with Gasteiger partial charge in [0.1, 0.15) is 6.61 Å². The van der Waals surface area contributed by atoms with Crippen molar-refractivity contribution in [2.45, 2.75) is 64.3 Å². The maximum absolute atomic E-state index is 12.1. The number of cyclic esters (lactones) is 1. The lowest BCUT2D eigenvalue weighted by Gasteiger charge is -2.30. The summed E-state index contributed by atoms with van der Waals surface area (Å²) in [6.07, 6.45) is 7.82. The average Bonchev–Trinajstić information content (AvgIpc) is 2.79. The van der Waals surface area contributed by atoms with Crippen molar-refractivity contribution >= 4 is 12.0 Å². The Morgan fingerprint density at radius 2 is 2.06 bits per heavy atom. The standard InChI is InChI=1S/C14H23NO3/c1-2-3-9-13(16)15-12(10-18-14(15)17)11-7-5-4-6-8-11/h11-12H,2-10H2,1H3. The van der Waals surface area contributed by atoms with Crippen molar-refractivity contribution in [1.29, 1.82) is 0 Å². The van der Waals surface area contributed by atoms with E-state index < -0.39 is 6.09 Å². The number of carbonyl (C=O) groups excluding carboxylic acids is 2. The van der Waals surface area contributed by atoms with Crippen LogP contribution in [0, 0.1) is 5.92 Å². The van der Waals surface area contributed by atoms with Gasteiger partial charge in [-0.05, 0) is 25.2 Å². The van der Waals surface area contributed by atoms with E-state index >= 15 is 0 Å². The van der Waals surface area contributed by atoms with Crippen LogP contribution in [-0.2, 0) is 9.53 Å². The number of unbranched alkanes of at least 4 members (excludes halogenated alkanes) is 1. The zero-order valence-corrected chi connectivity index (χ0v) is 11.2. The van der Waals surface area contributed by atoms with Gasteiger partial charge in [0.2, 0.25) is 5.91 Å². The van der Waals surface area contributed by atoms with Gasteiger partial charge >= 0.3 is 6.09 Å². The number of amides is 2. The van der Waals surface area contributed by atoms with Gasteiger partial charge in [-0.1, -0.05) is 32.6 Å². The molecule has 4 nitrogen and oxygen atoms in total. The first-order valence-corrected chi connectivity index (χ1v) is 7.23. The molecule has 1 unspecified atom stereocenters. The van der Waals surface area contributed by atoms with Crippen LogP contribution >= 0.6 is 0 Å². The van der Waals surface area contributed by atoms with Crippen molar-refractivity contribution in [2.75, 3.05) is 6.61 Å². The van der Waals surface area contributed by atoms with E-state index in [1.54, 1.807) is 0 Å². The van der Waals surface area contributed by atoms with Crippen LogP contribution in [0.1, 0.15) is 58.3 Å². The van der Waals surface area contributed by atoms with Crippen LogP contribution in [0.3, 0.4) is 0 Å². The summed E-state index contributed by atoms with van der Waals surface area (Å²) in [7, 11) is 0. The molecule has 0 spiro atoms. The molecule has 1 saturated carbocycles. The second-order valence-corrected chi connectivity index (χ2v) is 5.41. The zero-order chi connectivity index (χ0) is 13.0. The molecule has 1 saturated heterocycles. The Kier molecular flexibility index (Phi) is 4.61. The summed E-state index contributed by atoms with van der Waals surface area (Å²) >= 11 is 0. The van der Waals surface area contributed by atoms with E-state index in [-0.39, 0.29) is 11.9 Å². The summed E-state index contributed by atoms with van der Waals surface area (Å²) in [5, 5.41) is 0. The highest BCUT2D eigenvalue weighted by atomic mass is 16.6. The highest BCUT2D eigenvalue weighted by molar-refractivity contribution is 5.93. The summed E-state index contributed by atoms with van der Waals surface area (Å²) in [5.41, 5.74) is 0. The molecule has 0 aromatic heterocycles. The molecule has 2 aliphatic rings. The average molecular weight is 253 g/mol. The molecule has 1 atom stereocenters. The van der Waals surface area contributed by atoms with Crippen molar-refractivity contribution in [3.63, 3.8) is 0 Å². The Labute approximate surface area is 109 Å². The van der Waals surface area contributed by atoms with E-state index in [0.717, 1.165) is 25.7 Å². The number of nitrogens with zero attached hydrogens (tertiary/aromatic N) is 1. The molecule has 2 amide bonds. The number of rotatable bonds is 4. The molecule has 4 heteroatoms. The predicted octanol–water partition coefficient (Wildman–Crippen LogP) is 3.10. The van der Waals surface area contributed by atoms with Crippen LogP contribution in [0.15, 0.2) is 0 Å². The monoisotopic (exact) mass is 253 g/mol. The van der Waals surface area contributed by atoms with Crippen LogP contribution in [-0.4, -0.2) is 29.5 Å². The SMILES string of the molecule is CCCCC(=O)N1C(=O)OCC1C1CCCCC1. The lowest BCUT2D eigenvalue weighted by atomic mass is 9.83. The lowest BCUT2D eigenvalue weighted by Crippen LogP contribution is -2.43. The maximum atomic E-state index is 12.1. The fraction of sp³-hybridized carbons (Fsp3) is 0.857. The summed E-state index contributed by atoms with van der Waals surface area (Å²) in [6.45, 7) is 2.45. The molecular weight excluding hydrogens is 230 g/mol. The van der Waals surface area contributed by atoms with Gasteiger partial charge in [0, 0.05) is 6.42 Å². The third-order valence-electron chi connectivity index (χ3n) is 4.11. The number of hydrogen-bond acceptors (Lipinski definition) is 3. The predicted molar refractivity (Wildman–Crippen MR) is 68.1 cm³/mol. The molecule has 0 aromatic rings. The number of carbonyl (C=O) groups is 2. The fourth-order valence-corrected chi connectivity index (χ4v) is 3.04. The maximum Gasteiger partial charge on any atom is 0.416 e. The van der Waals surface area contributed by atoms with Crippen molar-refractivity contribution in [1.82, 2.24) is 4.90 Å². The van der Waals surface area contributed by atoms with Crippen molar-refractivity contribution in [3.05, 3.63) is 0 Å². The zero-order valence-electron chi connectivity index (χ0n) is 11.2. The van der Waals surface area contributed by atoms with Crippen molar-refractivity contribution in [3.8, 4) is 0 Å². The molecule has 0 aromatic carbocycles. The van der Waals surface area contributed by atoms with Crippen molar-refractivity contribution < 1.29 is 14.3 Å². The van der Waals surface area contributed by atoms with Crippen LogP contribution < -0.4 is 0 Å². The highest BCUT2D eigenvalue weighted by Gasteiger charge is 2.41. The van der Waals surface area contributed by atoms with Crippen LogP contribution in [0.5, 0.6) is 0 Å². The van der Waals surface area contributed by atoms with E-state index in [1.807, 2.05) is 6.92 Å². The van der Waals surface area contributed by atoms with E-state index in [4.69, 9.17) is 4.74 Å². The van der Waals surface area contributed by atoms with Gasteiger partial charge in [-0.3, -0.25) is 4.79 Å². The van der Waals surface area contributed by atoms with Gasteiger partial charge in [-0.15, -0.1) is 0 Å². The van der Waals surface area contributed by atoms with Gasteiger partial charge in [-0.2, -0.15) is 0 Å². The minimum atomic E-state index is -0.424. The van der Waals surface area contributed by atoms with Gasteiger partial charge < -0.3 is 4.74 Å². The molecule has 0 bridgehead atoms. The summed E-state index contributed by atoms with van der Waals surface area (Å²) in [5.74, 6) is 0.408. The van der Waals surface area contributed by atoms with Crippen molar-refractivity contribution in [2.24, 2.45) is 5.92 Å². The van der Waals surface area contributed by atoms with Gasteiger partial charge in [-0.25, -0.2) is 9.69 Å². The first-order chi connectivity index (χ1) is 8.74. The molecule has 0 radical (unpaired) electrons. The van der Waals surface area contributed by atoms with Crippen LogP contribution in [0.4, 0.5) is 4.79 Å². The summed E-state index contributed by atoms with van der Waals surface area (Å²) in [4.78, 5) is 25.2. The van der Waals surface area contributed by atoms with Crippen LogP contribution in [0.2, 0.25) is 0 Å². The molecule has 1 aliphatic carbocycles. The quantitative estimate of drug-likeness (QED) is 0.773. The Balaban J connectivity index is 1.99. The second kappa shape index (κ2) is 6.21. The first-order valence-electron chi connectivity index (χ1n) is 7.23. The highest BCUT2D eigenvalue weighted by Crippen LogP contribution is 2.32. The number of imide groups is 1. The number of ether oxygens (including phenoxy) is 1. The van der Waals surface area contributed by atoms with E-state index in [0.29, 0.717) is 18.9 Å². The Morgan fingerprint density at radius 3 is 2.72 bits per heavy atom. The third kappa shape index (κ3) is 2.85. The van der Waals surface area contributed by atoms with E-state index in [2.05, 4.69) is 0 Å². The Hall–Kier alpha value is -1.06. The van der Waals surface area contributed by atoms with Crippen LogP contribution in [0.25, 0.3) is 0 Å². The molecule has 1 heterocycles. The fourth-order valence-electron chi connectivity index (χ4n) is 3.04. The molecule has 102 valence electrons. The minimum Gasteiger partial charge on any atom is -0.447 e. The molecule has 0 N–H and O–H groups in total. The Morgan fingerprint density at radius 1 is 1.33 bits per heavy atom. The molecule has 2 rings (SSSR count). The molecule has 1 aliphatic heterocycles. The Bertz CT molecular complexity index is 310. The second-order valence-electron chi connectivity index (χ2n) is 5.41. The summed E-state index contributed by atoms with van der Waals surface area (Å²) in [6, 6.07) is 0.00200. The number of hydrogen-bond donors (Lipinski definition) is 0. The molecule has 2 fully saturated rings. The minimum absolute atomic E-state index is 0.00200. The van der Waals surface area contributed by atoms with E-state index in [1.165, 1.54) is 24.2 Å². The van der Waals surface area contributed by atoms with E-state index in [9.17, 15) is 9.59 Å². The van der Waals surface area contributed by atoms with Gasteiger partial charge in [0.05, 0.1) is 6.04 Å². The first kappa shape index (κ1) is 13.4. The van der Waals surface area contributed by atoms with Gasteiger partial charge in [0.15, 0.2) is 0 Å². The summed E-state index contributed by atoms with van der Waals surface area (Å²) < 4.78 is 5.10. The largest absolute Gasteiger partial charge is 0.447 e. The molecule has 18 heavy (non-hydrogen) atoms. The topological polar surface area (TPSA) is 46.6 Å². The normalized spacial score (nSPS) is 25.3. The molecular formula is C14H23NO3. The lowest BCUT2D eigenvalue weighted by molar-refractivity contribution is -0.130.